The number of amides is 1. The number of nitrogens with one attached hydrogen (secondary N) is 1. The molecule has 3 heterocycles. The number of hydrogen-bond acceptors (Lipinski definition) is 6. The maximum Gasteiger partial charge on any atom is 0.256 e. The predicted molar refractivity (Wildman–Crippen MR) is 101 cm³/mol. The Morgan fingerprint density at radius 2 is 1.88 bits per heavy atom. The van der Waals surface area contributed by atoms with Crippen molar-refractivity contribution in [2.45, 2.75) is 13.3 Å². The molecule has 0 aromatic heterocycles. The lowest BCUT2D eigenvalue weighted by molar-refractivity contribution is -0.117. The molecule has 0 aliphatic carbocycles. The van der Waals surface area contributed by atoms with Gasteiger partial charge in [0.25, 0.3) is 15.9 Å². The van der Waals surface area contributed by atoms with Crippen LogP contribution in [0, 0.1) is 0 Å². The van der Waals surface area contributed by atoms with Gasteiger partial charge in [-0.05, 0) is 31.7 Å². The lowest BCUT2D eigenvalue weighted by Gasteiger charge is -2.34. The van der Waals surface area contributed by atoms with E-state index in [0.717, 1.165) is 45.7 Å². The number of amidine groups is 1. The van der Waals surface area contributed by atoms with Crippen LogP contribution in [0.1, 0.15) is 13.3 Å². The Labute approximate surface area is 155 Å². The standard InChI is InChI=1S/C17H27N5O3S/c1-2-20-8-10-21(11-9-20)7-3-6-18-17(23)15-4-5-16-19-26(24,25)13-12-22(16)14-15/h4-5,14H,2-3,6-13H2,1H3,(H,18,23). The number of likely N-dealkylation sites (N-methyl/N-ethyl adjacent to an activating group) is 1. The Morgan fingerprint density at radius 1 is 1.15 bits per heavy atom. The fraction of sp³-hybridized carbons (Fsp3) is 0.647. The number of sulfonamides is 1. The minimum atomic E-state index is -3.37. The smallest absolute Gasteiger partial charge is 0.256 e. The van der Waals surface area contributed by atoms with Crippen molar-refractivity contribution in [2.75, 3.05) is 58.1 Å². The normalized spacial score (nSPS) is 23.2. The van der Waals surface area contributed by atoms with E-state index in [1.54, 1.807) is 23.3 Å². The van der Waals surface area contributed by atoms with Gasteiger partial charge < -0.3 is 20.0 Å². The summed E-state index contributed by atoms with van der Waals surface area (Å²) >= 11 is 0. The van der Waals surface area contributed by atoms with Gasteiger partial charge in [-0.2, -0.15) is 0 Å². The maximum atomic E-state index is 12.3. The topological polar surface area (TPSA) is 85.3 Å². The van der Waals surface area contributed by atoms with E-state index < -0.39 is 10.0 Å². The van der Waals surface area contributed by atoms with Crippen LogP contribution in [0.3, 0.4) is 0 Å². The van der Waals surface area contributed by atoms with Crippen molar-refractivity contribution in [2.24, 2.45) is 4.40 Å². The number of carbonyl (C=O) groups excluding carboxylic acids is 1. The fourth-order valence-corrected chi connectivity index (χ4v) is 4.24. The first-order chi connectivity index (χ1) is 12.5. The molecule has 3 aliphatic heterocycles. The molecule has 3 rings (SSSR count). The van der Waals surface area contributed by atoms with E-state index >= 15 is 0 Å². The quantitative estimate of drug-likeness (QED) is 0.632. The summed E-state index contributed by atoms with van der Waals surface area (Å²) in [6, 6.07) is 0. The molecular weight excluding hydrogens is 354 g/mol. The van der Waals surface area contributed by atoms with Gasteiger partial charge in [0, 0.05) is 45.5 Å². The van der Waals surface area contributed by atoms with E-state index in [0.29, 0.717) is 24.5 Å². The zero-order valence-electron chi connectivity index (χ0n) is 15.2. The van der Waals surface area contributed by atoms with E-state index in [-0.39, 0.29) is 11.7 Å². The third-order valence-corrected chi connectivity index (χ3v) is 6.10. The molecule has 0 spiro atoms. The van der Waals surface area contributed by atoms with Gasteiger partial charge in [0.1, 0.15) is 5.84 Å². The molecule has 9 heteroatoms. The van der Waals surface area contributed by atoms with E-state index in [1.165, 1.54) is 0 Å². The molecule has 0 atom stereocenters. The second-order valence-corrected chi connectivity index (χ2v) is 8.49. The minimum Gasteiger partial charge on any atom is -0.352 e. The van der Waals surface area contributed by atoms with E-state index in [2.05, 4.69) is 26.4 Å². The van der Waals surface area contributed by atoms with Gasteiger partial charge in [-0.1, -0.05) is 6.92 Å². The first-order valence-electron chi connectivity index (χ1n) is 9.19. The molecule has 1 N–H and O–H groups in total. The van der Waals surface area contributed by atoms with Gasteiger partial charge in [-0.25, -0.2) is 8.42 Å². The molecule has 26 heavy (non-hydrogen) atoms. The zero-order chi connectivity index (χ0) is 18.6. The first kappa shape index (κ1) is 19.1. The Bertz CT molecular complexity index is 721. The van der Waals surface area contributed by atoms with Crippen LogP contribution in [0.25, 0.3) is 0 Å². The van der Waals surface area contributed by atoms with Gasteiger partial charge in [0.15, 0.2) is 0 Å². The van der Waals surface area contributed by atoms with Crippen molar-refractivity contribution < 1.29 is 13.2 Å². The highest BCUT2D eigenvalue weighted by Crippen LogP contribution is 2.15. The van der Waals surface area contributed by atoms with Gasteiger partial charge in [0.05, 0.1) is 11.3 Å². The molecule has 144 valence electrons. The number of carbonyl (C=O) groups is 1. The highest BCUT2D eigenvalue weighted by Gasteiger charge is 2.24. The van der Waals surface area contributed by atoms with Gasteiger partial charge in [0.2, 0.25) is 0 Å². The lowest BCUT2D eigenvalue weighted by atomic mass is 10.1. The third-order valence-electron chi connectivity index (χ3n) is 4.93. The average molecular weight is 382 g/mol. The Kier molecular flexibility index (Phi) is 6.10. The van der Waals surface area contributed by atoms with Crippen LogP contribution in [0.15, 0.2) is 28.3 Å². The highest BCUT2D eigenvalue weighted by atomic mass is 32.2. The second-order valence-electron chi connectivity index (χ2n) is 6.73. The number of rotatable bonds is 6. The average Bonchev–Trinajstić information content (AvgIpc) is 2.64. The summed E-state index contributed by atoms with van der Waals surface area (Å²) < 4.78 is 26.7. The van der Waals surface area contributed by atoms with Crippen molar-refractivity contribution in [3.63, 3.8) is 0 Å². The Hall–Kier alpha value is -1.71. The van der Waals surface area contributed by atoms with Crippen molar-refractivity contribution in [1.82, 2.24) is 20.0 Å². The number of piperazine rings is 1. The molecule has 0 bridgehead atoms. The maximum absolute atomic E-state index is 12.3. The van der Waals surface area contributed by atoms with Crippen molar-refractivity contribution in [1.29, 1.82) is 0 Å². The van der Waals surface area contributed by atoms with E-state index in [9.17, 15) is 13.2 Å². The molecule has 1 fully saturated rings. The van der Waals surface area contributed by atoms with Crippen LogP contribution in [0.4, 0.5) is 0 Å². The molecule has 0 radical (unpaired) electrons. The van der Waals surface area contributed by atoms with Crippen LogP contribution >= 0.6 is 0 Å². The molecule has 1 saturated heterocycles. The Balaban J connectivity index is 1.41. The van der Waals surface area contributed by atoms with Gasteiger partial charge in [-0.15, -0.1) is 4.40 Å². The van der Waals surface area contributed by atoms with Crippen LogP contribution in [-0.4, -0.2) is 93.0 Å². The predicted octanol–water partition coefficient (Wildman–Crippen LogP) is -0.372. The van der Waals surface area contributed by atoms with Gasteiger partial charge in [-0.3, -0.25) is 4.79 Å². The molecule has 1 amide bonds. The SMILES string of the molecule is CCN1CCN(CCCNC(=O)C2=CN3CCS(=O)(=O)N=C3C=C2)CC1. The summed E-state index contributed by atoms with van der Waals surface area (Å²) in [4.78, 5) is 18.9. The molecule has 8 nitrogen and oxygen atoms in total. The summed E-state index contributed by atoms with van der Waals surface area (Å²) in [7, 11) is -3.37. The van der Waals surface area contributed by atoms with Crippen LogP contribution in [-0.2, 0) is 14.8 Å². The zero-order valence-corrected chi connectivity index (χ0v) is 16.0. The largest absolute Gasteiger partial charge is 0.352 e. The number of fused-ring (bicyclic) bond motifs is 1. The minimum absolute atomic E-state index is 0.0268. The molecule has 0 saturated carbocycles. The van der Waals surface area contributed by atoms with Crippen molar-refractivity contribution in [3.05, 3.63) is 23.9 Å². The monoisotopic (exact) mass is 381 g/mol. The molecule has 0 aromatic carbocycles. The van der Waals surface area contributed by atoms with Gasteiger partial charge >= 0.3 is 0 Å². The molecule has 3 aliphatic rings. The number of nitrogens with zero attached hydrogens (tertiary/aromatic N) is 4. The summed E-state index contributed by atoms with van der Waals surface area (Å²) in [6.07, 6.45) is 5.80. The van der Waals surface area contributed by atoms with E-state index in [1.807, 2.05) is 0 Å². The fourth-order valence-electron chi connectivity index (χ4n) is 3.27. The molecule has 0 aromatic rings. The lowest BCUT2D eigenvalue weighted by Crippen LogP contribution is -2.46. The molecular formula is C17H27N5O3S. The Morgan fingerprint density at radius 3 is 2.62 bits per heavy atom. The summed E-state index contributed by atoms with van der Waals surface area (Å²) in [5.41, 5.74) is 0.528. The second kappa shape index (κ2) is 8.32. The third kappa shape index (κ3) is 4.93. The number of hydrogen-bond donors (Lipinski definition) is 1. The van der Waals surface area contributed by atoms with E-state index in [4.69, 9.17) is 0 Å². The molecule has 0 unspecified atom stereocenters. The van der Waals surface area contributed by atoms with Crippen LogP contribution in [0.2, 0.25) is 0 Å². The first-order valence-corrected chi connectivity index (χ1v) is 10.8. The summed E-state index contributed by atoms with van der Waals surface area (Å²) in [5, 5.41) is 2.94. The summed E-state index contributed by atoms with van der Waals surface area (Å²) in [6.45, 7) is 9.68. The van der Waals surface area contributed by atoms with Crippen LogP contribution in [0.5, 0.6) is 0 Å². The van der Waals surface area contributed by atoms with Crippen molar-refractivity contribution >= 4 is 21.8 Å². The van der Waals surface area contributed by atoms with Crippen LogP contribution < -0.4 is 5.32 Å². The highest BCUT2D eigenvalue weighted by molar-refractivity contribution is 7.90. The van der Waals surface area contributed by atoms with Crippen molar-refractivity contribution in [3.8, 4) is 0 Å². The summed E-state index contributed by atoms with van der Waals surface area (Å²) in [5.74, 6) is 0.213.